The third-order valence-electron chi connectivity index (χ3n) is 2.88. The van der Waals surface area contributed by atoms with Crippen LogP contribution in [0.25, 0.3) is 0 Å². The number of rotatable bonds is 1. The lowest BCUT2D eigenvalue weighted by Crippen LogP contribution is -2.32. The second-order valence-electron chi connectivity index (χ2n) is 3.95. The molecule has 0 saturated heterocycles. The van der Waals surface area contributed by atoms with E-state index in [0.717, 1.165) is 17.7 Å². The highest BCUT2D eigenvalue weighted by molar-refractivity contribution is 5.80. The quantitative estimate of drug-likeness (QED) is 0.819. The van der Waals surface area contributed by atoms with Gasteiger partial charge in [0.25, 0.3) is 0 Å². The molecule has 2 rings (SSSR count). The number of hydrogen-bond acceptors (Lipinski definition) is 3. The third kappa shape index (κ3) is 2.20. The summed E-state index contributed by atoms with van der Waals surface area (Å²) in [5, 5.41) is 0. The van der Waals surface area contributed by atoms with Crippen LogP contribution in [0.1, 0.15) is 17.2 Å². The SMILES string of the molecule is CN1C(N)=NCC1c1ccc(C(F)(F)F)cc1. The Labute approximate surface area is 96.7 Å². The largest absolute Gasteiger partial charge is 0.416 e. The molecule has 92 valence electrons. The van der Waals surface area contributed by atoms with Crippen molar-refractivity contribution in [3.8, 4) is 0 Å². The zero-order valence-corrected chi connectivity index (χ0v) is 9.20. The Hall–Kier alpha value is -1.72. The number of nitrogens with two attached hydrogens (primary N) is 1. The Morgan fingerprint density at radius 3 is 2.29 bits per heavy atom. The number of benzene rings is 1. The van der Waals surface area contributed by atoms with Crippen molar-refractivity contribution >= 4 is 5.96 Å². The van der Waals surface area contributed by atoms with Gasteiger partial charge in [-0.3, -0.25) is 4.99 Å². The van der Waals surface area contributed by atoms with Crippen LogP contribution in [0.3, 0.4) is 0 Å². The fourth-order valence-corrected chi connectivity index (χ4v) is 1.80. The molecule has 3 nitrogen and oxygen atoms in total. The molecular formula is C11H12F3N3. The van der Waals surface area contributed by atoms with Gasteiger partial charge in [0.2, 0.25) is 0 Å². The molecule has 1 atom stereocenters. The molecule has 1 heterocycles. The Morgan fingerprint density at radius 1 is 1.29 bits per heavy atom. The molecule has 2 N–H and O–H groups in total. The van der Waals surface area contributed by atoms with Gasteiger partial charge in [0.1, 0.15) is 0 Å². The smallest absolute Gasteiger partial charge is 0.370 e. The number of halogens is 3. The van der Waals surface area contributed by atoms with Gasteiger partial charge in [-0.2, -0.15) is 13.2 Å². The van der Waals surface area contributed by atoms with Crippen LogP contribution in [0.5, 0.6) is 0 Å². The van der Waals surface area contributed by atoms with Crippen LogP contribution in [-0.2, 0) is 6.18 Å². The molecule has 0 saturated carbocycles. The number of alkyl halides is 3. The topological polar surface area (TPSA) is 41.6 Å². The van der Waals surface area contributed by atoms with E-state index in [0.29, 0.717) is 12.5 Å². The number of aliphatic imine (C=N–C) groups is 1. The summed E-state index contributed by atoms with van der Waals surface area (Å²) in [5.74, 6) is 0.412. The highest BCUT2D eigenvalue weighted by Crippen LogP contribution is 2.31. The minimum atomic E-state index is -4.30. The highest BCUT2D eigenvalue weighted by Gasteiger charge is 2.31. The molecule has 0 radical (unpaired) electrons. The maximum Gasteiger partial charge on any atom is 0.416 e. The summed E-state index contributed by atoms with van der Waals surface area (Å²) < 4.78 is 37.1. The van der Waals surface area contributed by atoms with E-state index in [4.69, 9.17) is 5.73 Å². The van der Waals surface area contributed by atoms with E-state index >= 15 is 0 Å². The molecule has 17 heavy (non-hydrogen) atoms. The van der Waals surface area contributed by atoms with Crippen molar-refractivity contribution in [2.45, 2.75) is 12.2 Å². The normalized spacial score (nSPS) is 20.6. The van der Waals surface area contributed by atoms with E-state index < -0.39 is 11.7 Å². The molecule has 0 bridgehead atoms. The Morgan fingerprint density at radius 2 is 1.88 bits per heavy atom. The minimum Gasteiger partial charge on any atom is -0.370 e. The van der Waals surface area contributed by atoms with Gasteiger partial charge < -0.3 is 10.6 Å². The molecule has 0 spiro atoms. The maximum absolute atomic E-state index is 12.4. The van der Waals surface area contributed by atoms with Gasteiger partial charge in [-0.05, 0) is 17.7 Å². The van der Waals surface area contributed by atoms with Crippen molar-refractivity contribution < 1.29 is 13.2 Å². The molecule has 1 aliphatic heterocycles. The summed E-state index contributed by atoms with van der Waals surface area (Å²) in [6.45, 7) is 0.480. The van der Waals surface area contributed by atoms with Gasteiger partial charge >= 0.3 is 6.18 Å². The Bertz CT molecular complexity index is 436. The second kappa shape index (κ2) is 3.94. The predicted octanol–water partition coefficient (Wildman–Crippen LogP) is 2.01. The zero-order valence-electron chi connectivity index (χ0n) is 9.20. The van der Waals surface area contributed by atoms with Crippen molar-refractivity contribution in [1.82, 2.24) is 4.90 Å². The van der Waals surface area contributed by atoms with Crippen molar-refractivity contribution in [3.05, 3.63) is 35.4 Å². The van der Waals surface area contributed by atoms with Crippen molar-refractivity contribution in [2.75, 3.05) is 13.6 Å². The summed E-state index contributed by atoms with van der Waals surface area (Å²) in [5.41, 5.74) is 5.74. The van der Waals surface area contributed by atoms with E-state index in [2.05, 4.69) is 4.99 Å². The first-order valence-electron chi connectivity index (χ1n) is 5.09. The van der Waals surface area contributed by atoms with Gasteiger partial charge in [-0.1, -0.05) is 12.1 Å². The number of hydrogen-bond donors (Lipinski definition) is 1. The molecule has 0 aromatic heterocycles. The molecule has 0 aliphatic carbocycles. The van der Waals surface area contributed by atoms with Gasteiger partial charge in [0, 0.05) is 7.05 Å². The van der Waals surface area contributed by atoms with Crippen LogP contribution in [0.4, 0.5) is 13.2 Å². The maximum atomic E-state index is 12.4. The summed E-state index contributed by atoms with van der Waals surface area (Å²) in [6, 6.07) is 5.03. The standard InChI is InChI=1S/C11H12F3N3/c1-17-9(6-16-10(17)15)7-2-4-8(5-3-7)11(12,13)14/h2-5,9H,6H2,1H3,(H2,15,16). The molecule has 1 aromatic rings. The van der Waals surface area contributed by atoms with Gasteiger partial charge in [-0.15, -0.1) is 0 Å². The van der Waals surface area contributed by atoms with E-state index in [1.165, 1.54) is 12.1 Å². The predicted molar refractivity (Wildman–Crippen MR) is 58.4 cm³/mol. The second-order valence-corrected chi connectivity index (χ2v) is 3.95. The molecule has 1 unspecified atom stereocenters. The van der Waals surface area contributed by atoms with Crippen molar-refractivity contribution in [3.63, 3.8) is 0 Å². The molecule has 6 heteroatoms. The molecule has 1 aromatic carbocycles. The highest BCUT2D eigenvalue weighted by atomic mass is 19.4. The van der Waals surface area contributed by atoms with Crippen LogP contribution in [0.15, 0.2) is 29.3 Å². The third-order valence-corrected chi connectivity index (χ3v) is 2.88. The van der Waals surface area contributed by atoms with Crippen LogP contribution >= 0.6 is 0 Å². The number of guanidine groups is 1. The fraction of sp³-hybridized carbons (Fsp3) is 0.364. The van der Waals surface area contributed by atoms with Crippen LogP contribution < -0.4 is 5.73 Å². The summed E-state index contributed by atoms with van der Waals surface area (Å²) in [4.78, 5) is 5.80. The lowest BCUT2D eigenvalue weighted by Gasteiger charge is -2.21. The first kappa shape index (κ1) is 11.8. The van der Waals surface area contributed by atoms with Gasteiger partial charge in [0.05, 0.1) is 18.2 Å². The summed E-state index contributed by atoms with van der Waals surface area (Å²) in [7, 11) is 1.77. The summed E-state index contributed by atoms with van der Waals surface area (Å²) in [6.07, 6.45) is -4.30. The average Bonchev–Trinajstić information content (AvgIpc) is 2.59. The molecule has 0 fully saturated rings. The average molecular weight is 243 g/mol. The Balaban J connectivity index is 2.20. The summed E-state index contributed by atoms with van der Waals surface area (Å²) >= 11 is 0. The van der Waals surface area contributed by atoms with Crippen LogP contribution in [0.2, 0.25) is 0 Å². The van der Waals surface area contributed by atoms with Gasteiger partial charge in [-0.25, -0.2) is 0 Å². The minimum absolute atomic E-state index is 0.0720. The Kier molecular flexibility index (Phi) is 2.73. The number of likely N-dealkylation sites (N-methyl/N-ethyl adjacent to an activating group) is 1. The van der Waals surface area contributed by atoms with Gasteiger partial charge in [0.15, 0.2) is 5.96 Å². The van der Waals surface area contributed by atoms with Crippen LogP contribution in [-0.4, -0.2) is 24.5 Å². The molecule has 1 aliphatic rings. The van der Waals surface area contributed by atoms with Crippen LogP contribution in [0, 0.1) is 0 Å². The lowest BCUT2D eigenvalue weighted by atomic mass is 10.0. The van der Waals surface area contributed by atoms with E-state index in [-0.39, 0.29) is 6.04 Å². The van der Waals surface area contributed by atoms with E-state index in [1.54, 1.807) is 11.9 Å². The number of nitrogens with zero attached hydrogens (tertiary/aromatic N) is 2. The molecular weight excluding hydrogens is 231 g/mol. The first-order valence-corrected chi connectivity index (χ1v) is 5.09. The lowest BCUT2D eigenvalue weighted by molar-refractivity contribution is -0.137. The van der Waals surface area contributed by atoms with E-state index in [9.17, 15) is 13.2 Å². The van der Waals surface area contributed by atoms with Crippen molar-refractivity contribution in [2.24, 2.45) is 10.7 Å². The molecule has 0 amide bonds. The first-order chi connectivity index (χ1) is 7.89. The monoisotopic (exact) mass is 243 g/mol. The zero-order chi connectivity index (χ0) is 12.6. The van der Waals surface area contributed by atoms with Crippen molar-refractivity contribution in [1.29, 1.82) is 0 Å². The van der Waals surface area contributed by atoms with E-state index in [1.807, 2.05) is 0 Å². The fourth-order valence-electron chi connectivity index (χ4n) is 1.80.